The standard InChI is InChI=1S/C13H10ClN4O/c1-18-7-16-10-6-15-12(17-13(10)18)9-4-3-8(14)5-11(9)19-2/h3,5-7H,1-2H3. The summed E-state index contributed by atoms with van der Waals surface area (Å²) in [5.74, 6) is 1.12. The smallest absolute Gasteiger partial charge is 0.166 e. The molecule has 0 saturated heterocycles. The zero-order valence-corrected chi connectivity index (χ0v) is 11.1. The van der Waals surface area contributed by atoms with Crippen LogP contribution in [0.25, 0.3) is 22.6 Å². The molecular weight excluding hydrogens is 264 g/mol. The van der Waals surface area contributed by atoms with Gasteiger partial charge in [0.1, 0.15) is 11.3 Å². The molecule has 0 N–H and O–H groups in total. The van der Waals surface area contributed by atoms with Gasteiger partial charge in [-0.3, -0.25) is 0 Å². The third kappa shape index (κ3) is 2.02. The number of hydrogen-bond acceptors (Lipinski definition) is 4. The number of fused-ring (bicyclic) bond motifs is 1. The zero-order valence-electron chi connectivity index (χ0n) is 10.4. The Bertz CT molecular complexity index is 753. The van der Waals surface area contributed by atoms with E-state index >= 15 is 0 Å². The van der Waals surface area contributed by atoms with Gasteiger partial charge in [0.2, 0.25) is 0 Å². The molecule has 2 aromatic heterocycles. The highest BCUT2D eigenvalue weighted by Crippen LogP contribution is 2.30. The molecule has 5 nitrogen and oxygen atoms in total. The van der Waals surface area contributed by atoms with Crippen molar-refractivity contribution in [2.75, 3.05) is 7.11 Å². The molecule has 0 amide bonds. The van der Waals surface area contributed by atoms with Gasteiger partial charge in [-0.2, -0.15) is 0 Å². The Labute approximate surface area is 114 Å². The maximum Gasteiger partial charge on any atom is 0.166 e. The first kappa shape index (κ1) is 11.9. The minimum absolute atomic E-state index is 0.532. The molecule has 19 heavy (non-hydrogen) atoms. The maximum atomic E-state index is 5.92. The van der Waals surface area contributed by atoms with Gasteiger partial charge in [-0.1, -0.05) is 11.6 Å². The summed E-state index contributed by atoms with van der Waals surface area (Å²) in [4.78, 5) is 13.0. The van der Waals surface area contributed by atoms with Crippen LogP contribution in [0, 0.1) is 6.07 Å². The van der Waals surface area contributed by atoms with E-state index in [2.05, 4.69) is 21.0 Å². The lowest BCUT2D eigenvalue weighted by Gasteiger charge is -2.07. The Morgan fingerprint density at radius 2 is 2.21 bits per heavy atom. The molecule has 3 aromatic rings. The van der Waals surface area contributed by atoms with E-state index in [1.807, 2.05) is 11.6 Å². The van der Waals surface area contributed by atoms with Crippen molar-refractivity contribution in [3.8, 4) is 17.1 Å². The predicted molar refractivity (Wildman–Crippen MR) is 72.1 cm³/mol. The van der Waals surface area contributed by atoms with Crippen LogP contribution in [-0.4, -0.2) is 26.6 Å². The number of nitrogens with zero attached hydrogens (tertiary/aromatic N) is 4. The molecule has 95 valence electrons. The van der Waals surface area contributed by atoms with Crippen molar-refractivity contribution in [2.45, 2.75) is 0 Å². The van der Waals surface area contributed by atoms with E-state index in [1.165, 1.54) is 0 Å². The van der Waals surface area contributed by atoms with Crippen LogP contribution in [0.3, 0.4) is 0 Å². The predicted octanol–water partition coefficient (Wildman–Crippen LogP) is 2.49. The molecule has 0 bridgehead atoms. The number of aryl methyl sites for hydroxylation is 1. The molecule has 1 radical (unpaired) electrons. The topological polar surface area (TPSA) is 52.8 Å². The Morgan fingerprint density at radius 3 is 3.00 bits per heavy atom. The van der Waals surface area contributed by atoms with Crippen LogP contribution in [0.2, 0.25) is 5.02 Å². The summed E-state index contributed by atoms with van der Waals surface area (Å²) in [6.07, 6.45) is 3.38. The second-order valence-electron chi connectivity index (χ2n) is 4.02. The molecule has 0 atom stereocenters. The first-order valence-electron chi connectivity index (χ1n) is 5.58. The van der Waals surface area contributed by atoms with Crippen LogP contribution in [0.4, 0.5) is 0 Å². The summed E-state index contributed by atoms with van der Waals surface area (Å²) < 4.78 is 7.12. The highest BCUT2D eigenvalue weighted by atomic mass is 35.5. The fraction of sp³-hybridized carbons (Fsp3) is 0.154. The number of ether oxygens (including phenoxy) is 1. The van der Waals surface area contributed by atoms with Gasteiger partial charge in [-0.25, -0.2) is 15.0 Å². The molecule has 0 aliphatic carbocycles. The van der Waals surface area contributed by atoms with Crippen LogP contribution in [0.15, 0.2) is 24.7 Å². The van der Waals surface area contributed by atoms with Crippen molar-refractivity contribution in [1.82, 2.24) is 19.5 Å². The third-order valence-electron chi connectivity index (χ3n) is 2.77. The first-order valence-corrected chi connectivity index (χ1v) is 5.96. The molecule has 0 aliphatic heterocycles. The lowest BCUT2D eigenvalue weighted by atomic mass is 10.2. The summed E-state index contributed by atoms with van der Waals surface area (Å²) in [5.41, 5.74) is 2.18. The quantitative estimate of drug-likeness (QED) is 0.720. The minimum atomic E-state index is 0.532. The highest BCUT2D eigenvalue weighted by Gasteiger charge is 2.12. The Morgan fingerprint density at radius 1 is 1.37 bits per heavy atom. The van der Waals surface area contributed by atoms with Gasteiger partial charge in [0.15, 0.2) is 11.5 Å². The van der Waals surface area contributed by atoms with E-state index in [0.717, 1.165) is 11.2 Å². The SMILES string of the molecule is COc1cc(Cl)c[c]c1-c1ncc2ncn(C)c2n1. The molecule has 1 aromatic carbocycles. The van der Waals surface area contributed by atoms with E-state index in [0.29, 0.717) is 22.2 Å². The number of imidazole rings is 1. The molecule has 0 saturated carbocycles. The Balaban J connectivity index is 2.21. The van der Waals surface area contributed by atoms with Crippen LogP contribution < -0.4 is 4.74 Å². The highest BCUT2D eigenvalue weighted by molar-refractivity contribution is 6.30. The minimum Gasteiger partial charge on any atom is -0.496 e. The summed E-state index contributed by atoms with van der Waals surface area (Å²) in [6, 6.07) is 6.41. The van der Waals surface area contributed by atoms with Gasteiger partial charge in [0.05, 0.1) is 25.2 Å². The number of hydrogen-bond donors (Lipinski definition) is 0. The zero-order chi connectivity index (χ0) is 13.4. The monoisotopic (exact) mass is 273 g/mol. The summed E-state index contributed by atoms with van der Waals surface area (Å²) >= 11 is 5.92. The summed E-state index contributed by atoms with van der Waals surface area (Å²) in [5, 5.41) is 0.558. The number of halogens is 1. The molecule has 6 heteroatoms. The van der Waals surface area contributed by atoms with Crippen LogP contribution in [-0.2, 0) is 7.05 Å². The van der Waals surface area contributed by atoms with Gasteiger partial charge in [-0.15, -0.1) is 0 Å². The maximum absolute atomic E-state index is 5.92. The van der Waals surface area contributed by atoms with Gasteiger partial charge in [0, 0.05) is 12.1 Å². The Hall–Kier alpha value is -2.14. The van der Waals surface area contributed by atoms with Gasteiger partial charge in [-0.05, 0) is 18.2 Å². The van der Waals surface area contributed by atoms with Gasteiger partial charge in [0.25, 0.3) is 0 Å². The second kappa shape index (κ2) is 4.51. The molecule has 0 spiro atoms. The first-order chi connectivity index (χ1) is 9.19. The molecule has 0 unspecified atom stereocenters. The summed E-state index contributed by atoms with van der Waals surface area (Å²) in [7, 11) is 3.46. The van der Waals surface area contributed by atoms with E-state index in [1.54, 1.807) is 31.8 Å². The summed E-state index contributed by atoms with van der Waals surface area (Å²) in [6.45, 7) is 0. The van der Waals surface area contributed by atoms with Crippen LogP contribution in [0.5, 0.6) is 5.75 Å². The van der Waals surface area contributed by atoms with Crippen molar-refractivity contribution in [3.63, 3.8) is 0 Å². The number of benzene rings is 1. The van der Waals surface area contributed by atoms with Gasteiger partial charge >= 0.3 is 0 Å². The second-order valence-corrected chi connectivity index (χ2v) is 4.46. The van der Waals surface area contributed by atoms with E-state index in [4.69, 9.17) is 16.3 Å². The molecule has 0 aliphatic rings. The number of rotatable bonds is 2. The molecule has 3 rings (SSSR count). The lowest BCUT2D eigenvalue weighted by molar-refractivity contribution is 0.416. The third-order valence-corrected chi connectivity index (χ3v) is 2.99. The van der Waals surface area contributed by atoms with Gasteiger partial charge < -0.3 is 9.30 Å². The average Bonchev–Trinajstić information content (AvgIpc) is 2.80. The van der Waals surface area contributed by atoms with E-state index < -0.39 is 0 Å². The molecular formula is C13H10ClN4O. The van der Waals surface area contributed by atoms with E-state index in [-0.39, 0.29) is 0 Å². The molecule has 0 fully saturated rings. The fourth-order valence-corrected chi connectivity index (χ4v) is 1.98. The largest absolute Gasteiger partial charge is 0.496 e. The fourth-order valence-electron chi connectivity index (χ4n) is 1.83. The van der Waals surface area contributed by atoms with Crippen LogP contribution in [0.1, 0.15) is 0 Å². The van der Waals surface area contributed by atoms with Crippen molar-refractivity contribution in [3.05, 3.63) is 35.7 Å². The van der Waals surface area contributed by atoms with Crippen LogP contribution >= 0.6 is 11.6 Å². The number of methoxy groups -OCH3 is 1. The average molecular weight is 274 g/mol. The van der Waals surface area contributed by atoms with Crippen molar-refractivity contribution >= 4 is 22.8 Å². The van der Waals surface area contributed by atoms with Crippen molar-refractivity contribution in [2.24, 2.45) is 7.05 Å². The van der Waals surface area contributed by atoms with E-state index in [9.17, 15) is 0 Å². The van der Waals surface area contributed by atoms with Crippen molar-refractivity contribution in [1.29, 1.82) is 0 Å². The lowest BCUT2D eigenvalue weighted by Crippen LogP contribution is -1.96. The molecule has 2 heterocycles. The Kier molecular flexibility index (Phi) is 2.83. The number of aromatic nitrogens is 4. The normalized spacial score (nSPS) is 10.9. The van der Waals surface area contributed by atoms with Crippen molar-refractivity contribution < 1.29 is 4.74 Å².